The summed E-state index contributed by atoms with van der Waals surface area (Å²) in [6, 6.07) is 1.62. The Morgan fingerprint density at radius 2 is 2.05 bits per heavy atom. The minimum Gasteiger partial charge on any atom is -0.481 e. The van der Waals surface area contributed by atoms with Gasteiger partial charge in [0.05, 0.1) is 5.02 Å². The summed E-state index contributed by atoms with van der Waals surface area (Å²) in [4.78, 5) is 22.5. The van der Waals surface area contributed by atoms with Crippen molar-refractivity contribution >= 4 is 23.5 Å². The van der Waals surface area contributed by atoms with Crippen LogP contribution in [0.3, 0.4) is 0 Å². The molecule has 1 amide bonds. The molecule has 112 valence electrons. The van der Waals surface area contributed by atoms with E-state index in [9.17, 15) is 9.59 Å². The lowest BCUT2D eigenvalue weighted by atomic mass is 9.84. The highest BCUT2D eigenvalue weighted by Crippen LogP contribution is 2.26. The maximum absolute atomic E-state index is 11.9. The topological polar surface area (TPSA) is 71.3 Å². The molecule has 0 aliphatic carbocycles. The van der Waals surface area contributed by atoms with Crippen LogP contribution in [0.4, 0.5) is 0 Å². The highest BCUT2D eigenvalue weighted by atomic mass is 35.5. The van der Waals surface area contributed by atoms with Gasteiger partial charge in [0, 0.05) is 26.2 Å². The summed E-state index contributed by atoms with van der Waals surface area (Å²) in [6.07, 6.45) is 3.14. The lowest BCUT2D eigenvalue weighted by Crippen LogP contribution is -2.29. The molecule has 0 aliphatic rings. The third-order valence-corrected chi connectivity index (χ3v) is 3.51. The van der Waals surface area contributed by atoms with Crippen molar-refractivity contribution in [3.05, 3.63) is 23.0 Å². The van der Waals surface area contributed by atoms with E-state index in [2.05, 4.69) is 5.32 Å². The number of carboxylic acid groups (broad SMARTS) is 1. The molecule has 0 saturated carbocycles. The molecular weight excluding hydrogens is 280 g/mol. The van der Waals surface area contributed by atoms with Gasteiger partial charge in [0.1, 0.15) is 5.69 Å². The van der Waals surface area contributed by atoms with Crippen LogP contribution in [0.1, 0.15) is 43.6 Å². The Morgan fingerprint density at radius 3 is 2.55 bits per heavy atom. The largest absolute Gasteiger partial charge is 0.481 e. The fraction of sp³-hybridized carbons (Fsp3) is 0.571. The number of nitrogens with zero attached hydrogens (tertiary/aromatic N) is 1. The van der Waals surface area contributed by atoms with Gasteiger partial charge in [-0.2, -0.15) is 0 Å². The Balaban J connectivity index is 2.42. The van der Waals surface area contributed by atoms with Crippen LogP contribution in [0.5, 0.6) is 0 Å². The predicted octanol–water partition coefficient (Wildman–Crippen LogP) is 2.69. The molecule has 5 nitrogen and oxygen atoms in total. The molecular formula is C14H21ClN2O3. The quantitative estimate of drug-likeness (QED) is 0.813. The van der Waals surface area contributed by atoms with Gasteiger partial charge in [0.2, 0.25) is 0 Å². The number of nitrogens with one attached hydrogen (secondary N) is 1. The van der Waals surface area contributed by atoms with E-state index in [1.165, 1.54) is 0 Å². The van der Waals surface area contributed by atoms with Crippen LogP contribution >= 0.6 is 11.6 Å². The minimum atomic E-state index is -0.791. The Kier molecular flexibility index (Phi) is 5.62. The van der Waals surface area contributed by atoms with E-state index in [-0.39, 0.29) is 17.7 Å². The summed E-state index contributed by atoms with van der Waals surface area (Å²) < 4.78 is 1.67. The van der Waals surface area contributed by atoms with E-state index in [1.54, 1.807) is 23.9 Å². The van der Waals surface area contributed by atoms with Crippen LogP contribution in [0.2, 0.25) is 5.02 Å². The molecule has 0 fully saturated rings. The summed E-state index contributed by atoms with van der Waals surface area (Å²) in [5, 5.41) is 12.0. The van der Waals surface area contributed by atoms with E-state index in [1.807, 2.05) is 13.8 Å². The van der Waals surface area contributed by atoms with Gasteiger partial charge in [-0.05, 0) is 24.3 Å². The molecule has 0 spiro atoms. The SMILES string of the molecule is Cn1cc(Cl)cc1C(=O)NCCC(C)(C)CCC(=O)O. The third-order valence-electron chi connectivity index (χ3n) is 3.31. The predicted molar refractivity (Wildman–Crippen MR) is 78.0 cm³/mol. The second kappa shape index (κ2) is 6.79. The Bertz CT molecular complexity index is 495. The molecule has 0 atom stereocenters. The second-order valence-corrected chi connectivity index (χ2v) is 6.15. The molecule has 0 aliphatic heterocycles. The van der Waals surface area contributed by atoms with Gasteiger partial charge in [-0.15, -0.1) is 0 Å². The molecule has 0 radical (unpaired) electrons. The lowest BCUT2D eigenvalue weighted by molar-refractivity contribution is -0.137. The van der Waals surface area contributed by atoms with Gasteiger partial charge in [-0.3, -0.25) is 9.59 Å². The number of rotatable bonds is 7. The number of hydrogen-bond acceptors (Lipinski definition) is 2. The zero-order chi connectivity index (χ0) is 15.3. The molecule has 0 saturated heterocycles. The first-order valence-corrected chi connectivity index (χ1v) is 6.91. The maximum Gasteiger partial charge on any atom is 0.303 e. The van der Waals surface area contributed by atoms with Gasteiger partial charge >= 0.3 is 5.97 Å². The average Bonchev–Trinajstić information content (AvgIpc) is 2.66. The molecule has 1 aromatic heterocycles. The third kappa shape index (κ3) is 5.25. The number of carbonyl (C=O) groups is 2. The molecule has 1 heterocycles. The van der Waals surface area contributed by atoms with Crippen LogP contribution in [0, 0.1) is 5.41 Å². The van der Waals surface area contributed by atoms with Crippen molar-refractivity contribution < 1.29 is 14.7 Å². The summed E-state index contributed by atoms with van der Waals surface area (Å²) in [5.41, 5.74) is 0.399. The molecule has 2 N–H and O–H groups in total. The summed E-state index contributed by atoms with van der Waals surface area (Å²) in [5.74, 6) is -0.964. The normalized spacial score (nSPS) is 11.4. The average molecular weight is 301 g/mol. The van der Waals surface area contributed by atoms with E-state index in [0.717, 1.165) is 6.42 Å². The number of aryl methyl sites for hydroxylation is 1. The molecule has 0 bridgehead atoms. The zero-order valence-corrected chi connectivity index (χ0v) is 12.8. The van der Waals surface area contributed by atoms with Crippen LogP contribution < -0.4 is 5.32 Å². The van der Waals surface area contributed by atoms with Gasteiger partial charge in [0.15, 0.2) is 0 Å². The highest BCUT2D eigenvalue weighted by molar-refractivity contribution is 6.31. The number of halogens is 1. The van der Waals surface area contributed by atoms with Crippen LogP contribution in [-0.4, -0.2) is 28.1 Å². The number of amides is 1. The van der Waals surface area contributed by atoms with Gasteiger partial charge < -0.3 is 15.0 Å². The summed E-state index contributed by atoms with van der Waals surface area (Å²) in [7, 11) is 1.76. The number of carboxylic acids is 1. The molecule has 20 heavy (non-hydrogen) atoms. The van der Waals surface area contributed by atoms with Gasteiger partial charge in [0.25, 0.3) is 5.91 Å². The van der Waals surface area contributed by atoms with Crippen LogP contribution in [-0.2, 0) is 11.8 Å². The second-order valence-electron chi connectivity index (χ2n) is 5.72. The maximum atomic E-state index is 11.9. The highest BCUT2D eigenvalue weighted by Gasteiger charge is 2.19. The minimum absolute atomic E-state index is 0.114. The number of carbonyl (C=O) groups excluding carboxylic acids is 1. The van der Waals surface area contributed by atoms with E-state index < -0.39 is 5.97 Å². The monoisotopic (exact) mass is 300 g/mol. The van der Waals surface area contributed by atoms with Crippen molar-refractivity contribution in [1.82, 2.24) is 9.88 Å². The number of aromatic nitrogens is 1. The Hall–Kier alpha value is -1.49. The van der Waals surface area contributed by atoms with E-state index in [0.29, 0.717) is 23.7 Å². The van der Waals surface area contributed by atoms with Crippen molar-refractivity contribution in [1.29, 1.82) is 0 Å². The van der Waals surface area contributed by atoms with Crippen molar-refractivity contribution in [2.24, 2.45) is 12.5 Å². The Labute approximate surface area is 123 Å². The van der Waals surface area contributed by atoms with Crippen molar-refractivity contribution in [3.8, 4) is 0 Å². The fourth-order valence-corrected chi connectivity index (χ4v) is 2.17. The van der Waals surface area contributed by atoms with Crippen LogP contribution in [0.25, 0.3) is 0 Å². The summed E-state index contributed by atoms with van der Waals surface area (Å²) >= 11 is 5.83. The van der Waals surface area contributed by atoms with Gasteiger partial charge in [-0.25, -0.2) is 0 Å². The molecule has 0 unspecified atom stereocenters. The number of aliphatic carboxylic acids is 1. The molecule has 0 aromatic carbocycles. The molecule has 1 aromatic rings. The molecule has 1 rings (SSSR count). The van der Waals surface area contributed by atoms with E-state index >= 15 is 0 Å². The fourth-order valence-electron chi connectivity index (χ4n) is 1.93. The standard InChI is InChI=1S/C14H21ClN2O3/c1-14(2,5-4-12(18)19)6-7-16-13(20)11-8-10(15)9-17(11)3/h8-9H,4-7H2,1-3H3,(H,16,20)(H,18,19). The first-order chi connectivity index (χ1) is 9.21. The van der Waals surface area contributed by atoms with Crippen molar-refractivity contribution in [3.63, 3.8) is 0 Å². The first-order valence-electron chi connectivity index (χ1n) is 6.53. The Morgan fingerprint density at radius 1 is 1.40 bits per heavy atom. The molecule has 6 heteroatoms. The van der Waals surface area contributed by atoms with E-state index in [4.69, 9.17) is 16.7 Å². The van der Waals surface area contributed by atoms with Crippen LogP contribution in [0.15, 0.2) is 12.3 Å². The lowest BCUT2D eigenvalue weighted by Gasteiger charge is -2.23. The van der Waals surface area contributed by atoms with Crippen molar-refractivity contribution in [2.75, 3.05) is 6.54 Å². The number of hydrogen-bond donors (Lipinski definition) is 2. The van der Waals surface area contributed by atoms with Crippen molar-refractivity contribution in [2.45, 2.75) is 33.1 Å². The smallest absolute Gasteiger partial charge is 0.303 e. The van der Waals surface area contributed by atoms with Gasteiger partial charge in [-0.1, -0.05) is 25.4 Å². The first kappa shape index (κ1) is 16.6. The zero-order valence-electron chi connectivity index (χ0n) is 12.1. The summed E-state index contributed by atoms with van der Waals surface area (Å²) in [6.45, 7) is 4.51.